The minimum Gasteiger partial charge on any atom is -0.466 e. The summed E-state index contributed by atoms with van der Waals surface area (Å²) < 4.78 is 5.28. The first-order valence-corrected chi connectivity index (χ1v) is 7.72. The molecule has 3 aromatic rings. The van der Waals surface area contributed by atoms with Crippen LogP contribution in [0.1, 0.15) is 25.4 Å². The lowest BCUT2D eigenvalue weighted by Crippen LogP contribution is -2.30. The van der Waals surface area contributed by atoms with E-state index >= 15 is 0 Å². The van der Waals surface area contributed by atoms with Crippen LogP contribution in [0.2, 0.25) is 0 Å². The van der Waals surface area contributed by atoms with Gasteiger partial charge in [-0.15, -0.1) is 11.3 Å². The van der Waals surface area contributed by atoms with Crippen LogP contribution in [-0.2, 0) is 12.0 Å². The van der Waals surface area contributed by atoms with Crippen molar-refractivity contribution >= 4 is 27.4 Å². The van der Waals surface area contributed by atoms with E-state index in [2.05, 4.69) is 15.3 Å². The van der Waals surface area contributed by atoms with E-state index in [0.29, 0.717) is 12.3 Å². The highest BCUT2D eigenvalue weighted by Crippen LogP contribution is 2.27. The summed E-state index contributed by atoms with van der Waals surface area (Å²) in [5.41, 5.74) is -1.09. The standard InChI is InChI=1S/C15H17N3O2S/c1-3-12-17-13(10-6-8-21-14(10)18-12)16-9-15(2,19)11-5-4-7-20-11/h4-8,19H,3,9H2,1-2H3,(H,16,17,18). The summed E-state index contributed by atoms with van der Waals surface area (Å²) >= 11 is 1.59. The van der Waals surface area contributed by atoms with Crippen LogP contribution in [0.4, 0.5) is 5.82 Å². The van der Waals surface area contributed by atoms with Gasteiger partial charge in [0.05, 0.1) is 18.2 Å². The fourth-order valence-corrected chi connectivity index (χ4v) is 2.90. The molecule has 3 aromatic heterocycles. The third kappa shape index (κ3) is 2.77. The number of nitrogens with one attached hydrogen (secondary N) is 1. The van der Waals surface area contributed by atoms with E-state index in [0.717, 1.165) is 28.3 Å². The van der Waals surface area contributed by atoms with Crippen molar-refractivity contribution in [2.24, 2.45) is 0 Å². The topological polar surface area (TPSA) is 71.2 Å². The fraction of sp³-hybridized carbons (Fsp3) is 0.333. The minimum absolute atomic E-state index is 0.311. The molecule has 2 N–H and O–H groups in total. The van der Waals surface area contributed by atoms with Gasteiger partial charge in [0.15, 0.2) is 0 Å². The molecule has 0 amide bonds. The number of hydrogen-bond donors (Lipinski definition) is 2. The summed E-state index contributed by atoms with van der Waals surface area (Å²) in [5.74, 6) is 2.08. The second kappa shape index (κ2) is 5.46. The lowest BCUT2D eigenvalue weighted by molar-refractivity contribution is 0.0476. The van der Waals surface area contributed by atoms with Gasteiger partial charge in [0, 0.05) is 6.42 Å². The Kier molecular flexibility index (Phi) is 3.65. The Hall–Kier alpha value is -1.92. The van der Waals surface area contributed by atoms with Crippen LogP contribution in [-0.4, -0.2) is 21.6 Å². The molecule has 0 fully saturated rings. The molecule has 0 aliphatic carbocycles. The van der Waals surface area contributed by atoms with Crippen LogP contribution in [0, 0.1) is 0 Å². The Balaban J connectivity index is 1.86. The number of anilines is 1. The predicted octanol–water partition coefficient (Wildman–Crippen LogP) is 3.17. The molecule has 0 aliphatic heterocycles. The average Bonchev–Trinajstić information content (AvgIpc) is 3.15. The third-order valence-corrected chi connectivity index (χ3v) is 4.15. The van der Waals surface area contributed by atoms with E-state index in [1.165, 1.54) is 0 Å². The van der Waals surface area contributed by atoms with Crippen LogP contribution in [0.25, 0.3) is 10.2 Å². The Morgan fingerprint density at radius 1 is 1.38 bits per heavy atom. The van der Waals surface area contributed by atoms with E-state index in [1.807, 2.05) is 18.4 Å². The summed E-state index contributed by atoms with van der Waals surface area (Å²) in [6.07, 6.45) is 2.33. The molecule has 3 rings (SSSR count). The van der Waals surface area contributed by atoms with E-state index in [9.17, 15) is 5.11 Å². The molecule has 110 valence electrons. The Bertz CT molecular complexity index is 735. The number of fused-ring (bicyclic) bond motifs is 1. The maximum atomic E-state index is 10.5. The normalized spacial score (nSPS) is 14.2. The first-order valence-electron chi connectivity index (χ1n) is 6.84. The van der Waals surface area contributed by atoms with Gasteiger partial charge < -0.3 is 14.8 Å². The van der Waals surface area contributed by atoms with E-state index in [4.69, 9.17) is 4.42 Å². The fourth-order valence-electron chi connectivity index (χ4n) is 2.12. The Morgan fingerprint density at radius 2 is 2.24 bits per heavy atom. The number of hydrogen-bond acceptors (Lipinski definition) is 6. The number of thiophene rings is 1. The Morgan fingerprint density at radius 3 is 2.95 bits per heavy atom. The van der Waals surface area contributed by atoms with Crippen LogP contribution in [0.5, 0.6) is 0 Å². The molecule has 6 heteroatoms. The van der Waals surface area contributed by atoms with Crippen LogP contribution >= 0.6 is 11.3 Å². The summed E-state index contributed by atoms with van der Waals surface area (Å²) in [7, 11) is 0. The molecule has 1 unspecified atom stereocenters. The maximum Gasteiger partial charge on any atom is 0.138 e. The van der Waals surface area contributed by atoms with Crippen molar-refractivity contribution in [1.29, 1.82) is 0 Å². The van der Waals surface area contributed by atoms with Crippen molar-refractivity contribution in [3.05, 3.63) is 41.4 Å². The van der Waals surface area contributed by atoms with Gasteiger partial charge in [-0.2, -0.15) is 0 Å². The SMILES string of the molecule is CCc1nc(NCC(C)(O)c2ccco2)c2ccsc2n1. The molecule has 0 radical (unpaired) electrons. The molecule has 0 aliphatic rings. The van der Waals surface area contributed by atoms with Crippen LogP contribution < -0.4 is 5.32 Å². The molecule has 3 heterocycles. The van der Waals surface area contributed by atoms with Crippen molar-refractivity contribution in [3.8, 4) is 0 Å². The van der Waals surface area contributed by atoms with Crippen LogP contribution in [0.15, 0.2) is 34.3 Å². The third-order valence-electron chi connectivity index (χ3n) is 3.34. The van der Waals surface area contributed by atoms with Gasteiger partial charge >= 0.3 is 0 Å². The molecule has 1 atom stereocenters. The highest BCUT2D eigenvalue weighted by molar-refractivity contribution is 7.16. The van der Waals surface area contributed by atoms with Crippen molar-refractivity contribution in [2.45, 2.75) is 25.9 Å². The molecule has 0 saturated heterocycles. The molecule has 0 aromatic carbocycles. The number of furan rings is 1. The van der Waals surface area contributed by atoms with E-state index < -0.39 is 5.60 Å². The monoisotopic (exact) mass is 303 g/mol. The lowest BCUT2D eigenvalue weighted by Gasteiger charge is -2.21. The molecule has 0 bridgehead atoms. The van der Waals surface area contributed by atoms with Gasteiger partial charge in [0.25, 0.3) is 0 Å². The summed E-state index contributed by atoms with van der Waals surface area (Å²) in [5, 5.41) is 16.7. The van der Waals surface area contributed by atoms with Gasteiger partial charge in [-0.25, -0.2) is 9.97 Å². The number of rotatable bonds is 5. The van der Waals surface area contributed by atoms with Gasteiger partial charge in [-0.3, -0.25) is 0 Å². The first kappa shape index (κ1) is 14.0. The van der Waals surface area contributed by atoms with Crippen molar-refractivity contribution in [3.63, 3.8) is 0 Å². The quantitative estimate of drug-likeness (QED) is 0.757. The second-order valence-electron chi connectivity index (χ2n) is 5.09. The highest BCUT2D eigenvalue weighted by Gasteiger charge is 2.26. The number of aromatic nitrogens is 2. The first-order chi connectivity index (χ1) is 10.1. The number of aliphatic hydroxyl groups is 1. The summed E-state index contributed by atoms with van der Waals surface area (Å²) in [6, 6.07) is 5.52. The molecule has 0 spiro atoms. The van der Waals surface area contributed by atoms with Gasteiger partial charge in [-0.05, 0) is 30.5 Å². The molecule has 0 saturated carbocycles. The highest BCUT2D eigenvalue weighted by atomic mass is 32.1. The zero-order valence-corrected chi connectivity index (χ0v) is 12.8. The molecular weight excluding hydrogens is 286 g/mol. The van der Waals surface area contributed by atoms with E-state index in [-0.39, 0.29) is 0 Å². The molecule has 5 nitrogen and oxygen atoms in total. The number of aryl methyl sites for hydroxylation is 1. The zero-order chi connectivity index (χ0) is 14.9. The van der Waals surface area contributed by atoms with Gasteiger partial charge in [0.1, 0.15) is 27.8 Å². The maximum absolute atomic E-state index is 10.5. The predicted molar refractivity (Wildman–Crippen MR) is 83.6 cm³/mol. The number of nitrogens with zero attached hydrogens (tertiary/aromatic N) is 2. The summed E-state index contributed by atoms with van der Waals surface area (Å²) in [4.78, 5) is 9.97. The Labute approximate surface area is 126 Å². The van der Waals surface area contributed by atoms with Gasteiger partial charge in [-0.1, -0.05) is 6.92 Å². The largest absolute Gasteiger partial charge is 0.466 e. The second-order valence-corrected chi connectivity index (χ2v) is 5.98. The molecular formula is C15H17N3O2S. The lowest BCUT2D eigenvalue weighted by atomic mass is 10.0. The summed E-state index contributed by atoms with van der Waals surface area (Å²) in [6.45, 7) is 4.05. The smallest absolute Gasteiger partial charge is 0.138 e. The zero-order valence-electron chi connectivity index (χ0n) is 12.0. The minimum atomic E-state index is -1.09. The van der Waals surface area contributed by atoms with Crippen LogP contribution in [0.3, 0.4) is 0 Å². The van der Waals surface area contributed by atoms with Crippen molar-refractivity contribution in [2.75, 3.05) is 11.9 Å². The van der Waals surface area contributed by atoms with Crippen molar-refractivity contribution in [1.82, 2.24) is 9.97 Å². The van der Waals surface area contributed by atoms with Gasteiger partial charge in [0.2, 0.25) is 0 Å². The van der Waals surface area contributed by atoms with Crippen molar-refractivity contribution < 1.29 is 9.52 Å². The molecule has 21 heavy (non-hydrogen) atoms. The van der Waals surface area contributed by atoms with E-state index in [1.54, 1.807) is 36.7 Å². The average molecular weight is 303 g/mol.